The highest BCUT2D eigenvalue weighted by atomic mass is 35.5. The lowest BCUT2D eigenvalue weighted by Gasteiger charge is -2.28. The molecule has 1 unspecified atom stereocenters. The van der Waals surface area contributed by atoms with Crippen LogP contribution in [0.4, 0.5) is 0 Å². The first-order chi connectivity index (χ1) is 7.84. The van der Waals surface area contributed by atoms with E-state index in [1.807, 2.05) is 20.8 Å². The van der Waals surface area contributed by atoms with Gasteiger partial charge in [-0.05, 0) is 18.9 Å². The Bertz CT molecular complexity index is 423. The number of amides is 1. The third-order valence-corrected chi connectivity index (χ3v) is 3.31. The van der Waals surface area contributed by atoms with Crippen molar-refractivity contribution >= 4 is 29.1 Å². The molecule has 0 aliphatic carbocycles. The van der Waals surface area contributed by atoms with E-state index >= 15 is 0 Å². The van der Waals surface area contributed by atoms with Crippen LogP contribution in [0.25, 0.3) is 0 Å². The van der Waals surface area contributed by atoms with Gasteiger partial charge in [0.1, 0.15) is 0 Å². The van der Waals surface area contributed by atoms with Gasteiger partial charge in [-0.1, -0.05) is 37.0 Å². The Balaban J connectivity index is 3.00. The monoisotopic (exact) mass is 275 g/mol. The Labute approximate surface area is 111 Å². The van der Waals surface area contributed by atoms with E-state index in [9.17, 15) is 4.79 Å². The Morgan fingerprint density at radius 2 is 1.88 bits per heavy atom. The van der Waals surface area contributed by atoms with E-state index in [-0.39, 0.29) is 27.8 Å². The van der Waals surface area contributed by atoms with E-state index in [2.05, 4.69) is 10.2 Å². The number of nitrogens with zero attached hydrogens (tertiary/aromatic N) is 3. The average molecular weight is 276 g/mol. The number of hydrogen-bond donors (Lipinski definition) is 0. The van der Waals surface area contributed by atoms with Crippen molar-refractivity contribution in [1.82, 2.24) is 15.1 Å². The lowest BCUT2D eigenvalue weighted by Crippen LogP contribution is -2.38. The van der Waals surface area contributed by atoms with Crippen LogP contribution < -0.4 is 0 Å². The molecule has 94 valence electrons. The van der Waals surface area contributed by atoms with Crippen molar-refractivity contribution in [3.8, 4) is 0 Å². The SMILES string of the molecule is CC(C)C(C)N(C)C(=O)c1cc(Cl)nnc1Cl. The molecule has 0 aromatic carbocycles. The zero-order chi connectivity index (χ0) is 13.2. The van der Waals surface area contributed by atoms with Crippen LogP contribution in [0.15, 0.2) is 6.07 Å². The summed E-state index contributed by atoms with van der Waals surface area (Å²) in [5.74, 6) is 0.154. The Morgan fingerprint density at radius 3 is 2.41 bits per heavy atom. The molecule has 0 N–H and O–H groups in total. The summed E-state index contributed by atoms with van der Waals surface area (Å²) in [4.78, 5) is 13.8. The highest BCUT2D eigenvalue weighted by Crippen LogP contribution is 2.19. The fourth-order valence-electron chi connectivity index (χ4n) is 1.33. The van der Waals surface area contributed by atoms with Gasteiger partial charge in [0.15, 0.2) is 10.3 Å². The normalized spacial score (nSPS) is 12.6. The number of halogens is 2. The van der Waals surface area contributed by atoms with Crippen LogP contribution in [-0.4, -0.2) is 34.1 Å². The van der Waals surface area contributed by atoms with E-state index < -0.39 is 0 Å². The summed E-state index contributed by atoms with van der Waals surface area (Å²) in [7, 11) is 1.73. The van der Waals surface area contributed by atoms with Gasteiger partial charge in [0.2, 0.25) is 0 Å². The zero-order valence-corrected chi connectivity index (χ0v) is 11.7. The molecule has 0 fully saturated rings. The number of carbonyl (C=O) groups excluding carboxylic acids is 1. The average Bonchev–Trinajstić information content (AvgIpc) is 2.29. The molecular weight excluding hydrogens is 261 g/mol. The lowest BCUT2D eigenvalue weighted by molar-refractivity contribution is 0.0706. The maximum absolute atomic E-state index is 12.2. The Hall–Kier alpha value is -0.870. The molecule has 0 saturated heterocycles. The molecular formula is C11H15Cl2N3O. The predicted molar refractivity (Wildman–Crippen MR) is 68.4 cm³/mol. The number of carbonyl (C=O) groups is 1. The molecule has 0 saturated carbocycles. The fourth-order valence-corrected chi connectivity index (χ4v) is 1.65. The molecule has 0 bridgehead atoms. The van der Waals surface area contributed by atoms with E-state index in [0.29, 0.717) is 5.92 Å². The van der Waals surface area contributed by atoms with E-state index in [0.717, 1.165) is 0 Å². The molecule has 1 amide bonds. The number of rotatable bonds is 3. The molecule has 1 aromatic rings. The van der Waals surface area contributed by atoms with Gasteiger partial charge < -0.3 is 4.90 Å². The van der Waals surface area contributed by atoms with Crippen molar-refractivity contribution in [3.05, 3.63) is 21.9 Å². The summed E-state index contributed by atoms with van der Waals surface area (Å²) >= 11 is 11.5. The molecule has 0 aliphatic rings. The zero-order valence-electron chi connectivity index (χ0n) is 10.2. The van der Waals surface area contributed by atoms with Gasteiger partial charge in [0, 0.05) is 13.1 Å². The summed E-state index contributed by atoms with van der Waals surface area (Å²) in [5, 5.41) is 7.42. The van der Waals surface area contributed by atoms with Gasteiger partial charge in [-0.15, -0.1) is 10.2 Å². The molecule has 1 heterocycles. The van der Waals surface area contributed by atoms with Crippen LogP contribution in [0.3, 0.4) is 0 Å². The number of aromatic nitrogens is 2. The minimum atomic E-state index is -0.201. The molecule has 6 heteroatoms. The van der Waals surface area contributed by atoms with Crippen molar-refractivity contribution < 1.29 is 4.79 Å². The quantitative estimate of drug-likeness (QED) is 0.852. The summed E-state index contributed by atoms with van der Waals surface area (Å²) in [5.41, 5.74) is 0.279. The molecule has 17 heavy (non-hydrogen) atoms. The van der Waals surface area contributed by atoms with E-state index in [1.165, 1.54) is 6.07 Å². The van der Waals surface area contributed by atoms with Crippen LogP contribution in [0.1, 0.15) is 31.1 Å². The molecule has 0 radical (unpaired) electrons. The van der Waals surface area contributed by atoms with Gasteiger partial charge >= 0.3 is 0 Å². The minimum absolute atomic E-state index is 0.0715. The van der Waals surface area contributed by atoms with Gasteiger partial charge in [-0.3, -0.25) is 4.79 Å². The van der Waals surface area contributed by atoms with Crippen molar-refractivity contribution in [2.75, 3.05) is 7.05 Å². The van der Waals surface area contributed by atoms with E-state index in [1.54, 1.807) is 11.9 Å². The van der Waals surface area contributed by atoms with Crippen molar-refractivity contribution in [2.24, 2.45) is 5.92 Å². The fraction of sp³-hybridized carbons (Fsp3) is 0.545. The third kappa shape index (κ3) is 3.30. The van der Waals surface area contributed by atoms with Gasteiger partial charge in [-0.25, -0.2) is 0 Å². The van der Waals surface area contributed by atoms with Crippen LogP contribution in [-0.2, 0) is 0 Å². The van der Waals surface area contributed by atoms with Crippen molar-refractivity contribution in [3.63, 3.8) is 0 Å². The molecule has 0 spiro atoms. The second kappa shape index (κ2) is 5.65. The van der Waals surface area contributed by atoms with Crippen LogP contribution >= 0.6 is 23.2 Å². The molecule has 1 aromatic heterocycles. The summed E-state index contributed by atoms with van der Waals surface area (Å²) < 4.78 is 0. The van der Waals surface area contributed by atoms with Crippen molar-refractivity contribution in [2.45, 2.75) is 26.8 Å². The summed E-state index contributed by atoms with van der Waals surface area (Å²) in [6.45, 7) is 6.08. The largest absolute Gasteiger partial charge is 0.339 e. The van der Waals surface area contributed by atoms with Gasteiger partial charge in [0.25, 0.3) is 5.91 Å². The van der Waals surface area contributed by atoms with Crippen molar-refractivity contribution in [1.29, 1.82) is 0 Å². The second-order valence-corrected chi connectivity index (χ2v) is 5.02. The maximum Gasteiger partial charge on any atom is 0.257 e. The smallest absolute Gasteiger partial charge is 0.257 e. The number of hydrogen-bond acceptors (Lipinski definition) is 3. The summed E-state index contributed by atoms with van der Waals surface area (Å²) in [6, 6.07) is 1.54. The minimum Gasteiger partial charge on any atom is -0.339 e. The van der Waals surface area contributed by atoms with Gasteiger partial charge in [0.05, 0.1) is 5.56 Å². The van der Waals surface area contributed by atoms with Crippen LogP contribution in [0.2, 0.25) is 10.3 Å². The third-order valence-electron chi connectivity index (χ3n) is 2.85. The predicted octanol–water partition coefficient (Wildman–Crippen LogP) is 2.90. The Kier molecular flexibility index (Phi) is 4.71. The molecule has 1 atom stereocenters. The standard InChI is InChI=1S/C11H15Cl2N3O/c1-6(2)7(3)16(4)11(17)8-5-9(12)14-15-10(8)13/h5-7H,1-4H3. The first kappa shape index (κ1) is 14.2. The van der Waals surface area contributed by atoms with E-state index in [4.69, 9.17) is 23.2 Å². The first-order valence-electron chi connectivity index (χ1n) is 5.30. The second-order valence-electron chi connectivity index (χ2n) is 4.27. The summed E-state index contributed by atoms with van der Waals surface area (Å²) in [6.07, 6.45) is 0. The molecule has 1 rings (SSSR count). The first-order valence-corrected chi connectivity index (χ1v) is 6.06. The topological polar surface area (TPSA) is 46.1 Å². The van der Waals surface area contributed by atoms with Crippen LogP contribution in [0.5, 0.6) is 0 Å². The Morgan fingerprint density at radius 1 is 1.29 bits per heavy atom. The highest BCUT2D eigenvalue weighted by molar-refractivity contribution is 6.34. The van der Waals surface area contributed by atoms with Gasteiger partial charge in [-0.2, -0.15) is 0 Å². The molecule has 4 nitrogen and oxygen atoms in total. The maximum atomic E-state index is 12.2. The highest BCUT2D eigenvalue weighted by Gasteiger charge is 2.22. The lowest BCUT2D eigenvalue weighted by atomic mass is 10.0. The van der Waals surface area contributed by atoms with Crippen LogP contribution in [0, 0.1) is 5.92 Å². The molecule has 0 aliphatic heterocycles.